The van der Waals surface area contributed by atoms with E-state index in [-0.39, 0.29) is 5.82 Å². The minimum absolute atomic E-state index is 0.343. The molecule has 96 valence electrons. The van der Waals surface area contributed by atoms with Crippen LogP contribution in [0.4, 0.5) is 4.39 Å². The number of tetrazole rings is 1. The smallest absolute Gasteiger partial charge is 0.176 e. The van der Waals surface area contributed by atoms with Crippen LogP contribution in [0.15, 0.2) is 22.7 Å². The molecule has 0 saturated carbocycles. The fourth-order valence-corrected chi connectivity index (χ4v) is 2.02. The maximum absolute atomic E-state index is 13.9. The van der Waals surface area contributed by atoms with Gasteiger partial charge >= 0.3 is 0 Å². The van der Waals surface area contributed by atoms with Crippen LogP contribution in [0.3, 0.4) is 0 Å². The maximum Gasteiger partial charge on any atom is 0.176 e. The lowest BCUT2D eigenvalue weighted by Gasteiger charge is -2.15. The van der Waals surface area contributed by atoms with Crippen molar-refractivity contribution in [3.05, 3.63) is 39.9 Å². The summed E-state index contributed by atoms with van der Waals surface area (Å²) in [6.07, 6.45) is 0.359. The molecular weight excluding hydrogens is 303 g/mol. The van der Waals surface area contributed by atoms with Crippen molar-refractivity contribution < 1.29 is 4.39 Å². The molecule has 0 aliphatic carbocycles. The van der Waals surface area contributed by atoms with E-state index in [4.69, 9.17) is 5.84 Å². The molecule has 2 aromatic rings. The van der Waals surface area contributed by atoms with Gasteiger partial charge in [0.1, 0.15) is 5.82 Å². The van der Waals surface area contributed by atoms with E-state index in [1.165, 1.54) is 4.80 Å². The lowest BCUT2D eigenvalue weighted by atomic mass is 10.0. The monoisotopic (exact) mass is 314 g/mol. The third-order valence-corrected chi connectivity index (χ3v) is 3.11. The first kappa shape index (κ1) is 13.1. The van der Waals surface area contributed by atoms with Crippen LogP contribution in [-0.4, -0.2) is 20.2 Å². The maximum atomic E-state index is 13.9. The Morgan fingerprint density at radius 1 is 1.56 bits per heavy atom. The Hall–Kier alpha value is -1.38. The van der Waals surface area contributed by atoms with Crippen LogP contribution in [-0.2, 0) is 13.5 Å². The second kappa shape index (κ2) is 5.51. The molecule has 0 bridgehead atoms. The zero-order valence-corrected chi connectivity index (χ0v) is 11.2. The molecule has 8 heteroatoms. The molecule has 1 aromatic carbocycles. The third-order valence-electron chi connectivity index (χ3n) is 2.49. The third kappa shape index (κ3) is 2.71. The Balaban J connectivity index is 2.25. The van der Waals surface area contributed by atoms with Crippen LogP contribution in [0, 0.1) is 5.82 Å². The van der Waals surface area contributed by atoms with Gasteiger partial charge in [-0.1, -0.05) is 12.1 Å². The Morgan fingerprint density at radius 3 is 2.94 bits per heavy atom. The van der Waals surface area contributed by atoms with E-state index in [0.717, 1.165) is 0 Å². The molecule has 0 amide bonds. The van der Waals surface area contributed by atoms with Crippen molar-refractivity contribution in [1.29, 1.82) is 0 Å². The second-order valence-electron chi connectivity index (χ2n) is 3.76. The molecule has 2 rings (SSSR count). The Labute approximate surface area is 111 Å². The number of nitrogens with zero attached hydrogens (tertiary/aromatic N) is 4. The summed E-state index contributed by atoms with van der Waals surface area (Å²) < 4.78 is 14.3. The summed E-state index contributed by atoms with van der Waals surface area (Å²) in [4.78, 5) is 1.35. The molecule has 0 saturated heterocycles. The van der Waals surface area contributed by atoms with Gasteiger partial charge in [-0.05, 0) is 27.2 Å². The predicted molar refractivity (Wildman–Crippen MR) is 66.7 cm³/mol. The van der Waals surface area contributed by atoms with Crippen LogP contribution in [0.25, 0.3) is 0 Å². The summed E-state index contributed by atoms with van der Waals surface area (Å²) in [6.45, 7) is 0. The standard InChI is InChI=1S/C10H12BrFN6/c1-18-16-9(15-17-18)5-8(14-13)6-3-2-4-7(11)10(6)12/h2-4,8,14H,5,13H2,1H3. The van der Waals surface area contributed by atoms with E-state index >= 15 is 0 Å². The predicted octanol–water partition coefficient (Wildman–Crippen LogP) is 0.859. The van der Waals surface area contributed by atoms with Gasteiger partial charge in [-0.15, -0.1) is 10.2 Å². The Kier molecular flexibility index (Phi) is 4.00. The summed E-state index contributed by atoms with van der Waals surface area (Å²) in [5.41, 5.74) is 3.02. The molecule has 0 aliphatic heterocycles. The van der Waals surface area contributed by atoms with E-state index in [1.807, 2.05) is 0 Å². The van der Waals surface area contributed by atoms with Crippen molar-refractivity contribution in [3.8, 4) is 0 Å². The van der Waals surface area contributed by atoms with Gasteiger partial charge < -0.3 is 0 Å². The minimum Gasteiger partial charge on any atom is -0.271 e. The van der Waals surface area contributed by atoms with Gasteiger partial charge in [0.15, 0.2) is 5.82 Å². The summed E-state index contributed by atoms with van der Waals surface area (Å²) in [6, 6.07) is 4.64. The molecule has 0 spiro atoms. The van der Waals surface area contributed by atoms with Gasteiger partial charge in [0, 0.05) is 12.0 Å². The Morgan fingerprint density at radius 2 is 2.33 bits per heavy atom. The fraction of sp³-hybridized carbons (Fsp3) is 0.300. The van der Waals surface area contributed by atoms with E-state index in [1.54, 1.807) is 25.2 Å². The fourth-order valence-electron chi connectivity index (χ4n) is 1.64. The molecule has 0 aliphatic rings. The number of hydrogen-bond donors (Lipinski definition) is 2. The largest absolute Gasteiger partial charge is 0.271 e. The number of halogens is 2. The SMILES string of the molecule is Cn1nnc(CC(NN)c2cccc(Br)c2F)n1. The number of hydrazine groups is 1. The van der Waals surface area contributed by atoms with Crippen LogP contribution < -0.4 is 11.3 Å². The number of aromatic nitrogens is 4. The lowest BCUT2D eigenvalue weighted by molar-refractivity contribution is 0.498. The van der Waals surface area contributed by atoms with Crippen molar-refractivity contribution >= 4 is 15.9 Å². The van der Waals surface area contributed by atoms with Crippen molar-refractivity contribution in [3.63, 3.8) is 0 Å². The molecular formula is C10H12BrFN6. The summed E-state index contributed by atoms with van der Waals surface area (Å²) in [5, 5.41) is 11.6. The average molecular weight is 315 g/mol. The molecule has 0 radical (unpaired) electrons. The molecule has 1 unspecified atom stereocenters. The molecule has 1 aromatic heterocycles. The summed E-state index contributed by atoms with van der Waals surface area (Å²) >= 11 is 3.14. The van der Waals surface area contributed by atoms with E-state index in [0.29, 0.717) is 22.3 Å². The van der Waals surface area contributed by atoms with Crippen LogP contribution >= 0.6 is 15.9 Å². The van der Waals surface area contributed by atoms with E-state index < -0.39 is 6.04 Å². The van der Waals surface area contributed by atoms with Gasteiger partial charge in [0.05, 0.1) is 17.6 Å². The molecule has 1 heterocycles. The van der Waals surface area contributed by atoms with Crippen molar-refractivity contribution in [1.82, 2.24) is 25.6 Å². The lowest BCUT2D eigenvalue weighted by Crippen LogP contribution is -2.30. The number of aryl methyl sites for hydroxylation is 1. The minimum atomic E-state index is -0.410. The molecule has 3 N–H and O–H groups in total. The highest BCUT2D eigenvalue weighted by Crippen LogP contribution is 2.24. The van der Waals surface area contributed by atoms with E-state index in [9.17, 15) is 4.39 Å². The molecule has 1 atom stereocenters. The zero-order valence-electron chi connectivity index (χ0n) is 9.64. The first-order chi connectivity index (χ1) is 8.61. The first-order valence-corrected chi connectivity index (χ1v) is 6.04. The van der Waals surface area contributed by atoms with Crippen molar-refractivity contribution in [2.75, 3.05) is 0 Å². The number of nitrogens with one attached hydrogen (secondary N) is 1. The van der Waals surface area contributed by atoms with Crippen molar-refractivity contribution in [2.45, 2.75) is 12.5 Å². The zero-order chi connectivity index (χ0) is 13.1. The summed E-state index contributed by atoms with van der Waals surface area (Å²) in [5.74, 6) is 5.62. The highest BCUT2D eigenvalue weighted by molar-refractivity contribution is 9.10. The van der Waals surface area contributed by atoms with Gasteiger partial charge in [-0.25, -0.2) is 4.39 Å². The van der Waals surface area contributed by atoms with Crippen molar-refractivity contribution in [2.24, 2.45) is 12.9 Å². The average Bonchev–Trinajstić information content (AvgIpc) is 2.76. The summed E-state index contributed by atoms with van der Waals surface area (Å²) in [7, 11) is 1.67. The molecule has 0 fully saturated rings. The number of hydrogen-bond acceptors (Lipinski definition) is 5. The van der Waals surface area contributed by atoms with Crippen LogP contribution in [0.5, 0.6) is 0 Å². The Bertz CT molecular complexity index is 543. The number of nitrogens with two attached hydrogens (primary N) is 1. The molecule has 18 heavy (non-hydrogen) atoms. The van der Waals surface area contributed by atoms with Gasteiger partial charge in [0.2, 0.25) is 0 Å². The van der Waals surface area contributed by atoms with E-state index in [2.05, 4.69) is 36.8 Å². The van der Waals surface area contributed by atoms with Gasteiger partial charge in [-0.2, -0.15) is 4.80 Å². The van der Waals surface area contributed by atoms with Crippen LogP contribution in [0.2, 0.25) is 0 Å². The topological polar surface area (TPSA) is 81.7 Å². The highest BCUT2D eigenvalue weighted by atomic mass is 79.9. The number of rotatable bonds is 4. The second-order valence-corrected chi connectivity index (χ2v) is 4.62. The number of benzene rings is 1. The highest BCUT2D eigenvalue weighted by Gasteiger charge is 2.18. The van der Waals surface area contributed by atoms with Crippen LogP contribution in [0.1, 0.15) is 17.4 Å². The van der Waals surface area contributed by atoms with Gasteiger partial charge in [0.25, 0.3) is 0 Å². The molecule has 6 nitrogen and oxygen atoms in total. The van der Waals surface area contributed by atoms with Gasteiger partial charge in [-0.3, -0.25) is 11.3 Å². The normalized spacial score (nSPS) is 12.7. The first-order valence-electron chi connectivity index (χ1n) is 5.24. The quantitative estimate of drug-likeness (QED) is 0.646.